The first-order valence-corrected chi connectivity index (χ1v) is 32.8. The topological polar surface area (TPSA) is 24.9 Å². The first-order valence-electron chi connectivity index (χ1n) is 32.8. The van der Waals surface area contributed by atoms with Gasteiger partial charge in [-0.25, -0.2) is 35.1 Å². The van der Waals surface area contributed by atoms with E-state index < -0.39 is 68.7 Å². The predicted octanol–water partition coefficient (Wildman–Crippen LogP) is 25.0. The zero-order valence-electron chi connectivity index (χ0n) is 54.2. The molecular formula is C90H56F8N2O2. The molecular weight excluding hydrogens is 1290 g/mol. The summed E-state index contributed by atoms with van der Waals surface area (Å²) in [5.74, 6) is -5.48. The highest BCUT2D eigenvalue weighted by atomic mass is 19.2. The molecule has 2 aliphatic rings. The highest BCUT2D eigenvalue weighted by Gasteiger charge is 2.48. The van der Waals surface area contributed by atoms with Crippen molar-refractivity contribution in [3.8, 4) is 56.4 Å². The smallest absolute Gasteiger partial charge is 0.153 e. The van der Waals surface area contributed by atoms with Crippen molar-refractivity contribution >= 4 is 46.3 Å². The molecule has 4 nitrogen and oxygen atoms in total. The molecule has 0 saturated carbocycles. The quantitative estimate of drug-likeness (QED) is 0.0849. The predicted molar refractivity (Wildman–Crippen MR) is 389 cm³/mol. The van der Waals surface area contributed by atoms with Crippen LogP contribution >= 0.6 is 0 Å². The van der Waals surface area contributed by atoms with Crippen LogP contribution in [-0.2, 0) is 10.8 Å². The maximum atomic E-state index is 16.7. The van der Waals surface area contributed by atoms with Gasteiger partial charge in [0.1, 0.15) is 57.6 Å². The molecule has 2 aliphatic carbocycles. The number of hydrogen-bond donors (Lipinski definition) is 0. The van der Waals surface area contributed by atoms with Gasteiger partial charge in [-0.3, -0.25) is 0 Å². The molecule has 2 unspecified atom stereocenters. The fourth-order valence-electron chi connectivity index (χ4n) is 14.9. The van der Waals surface area contributed by atoms with Crippen LogP contribution in [0.1, 0.15) is 55.6 Å². The fourth-order valence-corrected chi connectivity index (χ4v) is 14.9. The van der Waals surface area contributed by atoms with Crippen molar-refractivity contribution in [2.45, 2.75) is 10.8 Å². The number of fused-ring (bicyclic) bond motifs is 6. The van der Waals surface area contributed by atoms with Gasteiger partial charge in [-0.15, -0.1) is 0 Å². The van der Waals surface area contributed by atoms with Crippen molar-refractivity contribution in [3.05, 3.63) is 419 Å². The highest BCUT2D eigenvalue weighted by Crippen LogP contribution is 2.60. The van der Waals surface area contributed by atoms with Crippen LogP contribution in [0.3, 0.4) is 0 Å². The second-order valence-electron chi connectivity index (χ2n) is 25.1. The lowest BCUT2D eigenvalue weighted by molar-refractivity contribution is 0.482. The largest absolute Gasteiger partial charge is 0.457 e. The van der Waals surface area contributed by atoms with Crippen LogP contribution in [0.25, 0.3) is 45.5 Å². The molecule has 0 saturated heterocycles. The highest BCUT2D eigenvalue weighted by molar-refractivity contribution is 5.92. The third kappa shape index (κ3) is 11.0. The number of ether oxygens (including phenoxy) is 2. The molecule has 102 heavy (non-hydrogen) atoms. The molecule has 14 aromatic carbocycles. The van der Waals surface area contributed by atoms with Crippen LogP contribution in [0.15, 0.2) is 316 Å². The van der Waals surface area contributed by atoms with Gasteiger partial charge in [0, 0.05) is 47.0 Å². The molecule has 16 rings (SSSR count). The lowest BCUT2D eigenvalue weighted by Crippen LogP contribution is -2.29. The van der Waals surface area contributed by atoms with Gasteiger partial charge in [0.25, 0.3) is 0 Å². The van der Waals surface area contributed by atoms with E-state index in [1.165, 1.54) is 34.1 Å². The number of nitrogens with zero attached hydrogens (tertiary/aromatic N) is 2. The van der Waals surface area contributed by atoms with Gasteiger partial charge < -0.3 is 19.3 Å². The van der Waals surface area contributed by atoms with Crippen molar-refractivity contribution in [1.82, 2.24) is 0 Å². The SMILES string of the molecule is C=Cc1ccc(Oc2ccc(C3(c4ccc(F)cc4)c4ccccc4-c4ccc(N(c5ccc(-c6ccc(N(c7ccc8c(c7)C(c7ccc(F)cc7)(c7ccc(Oc9ccc(C=C)cc9)cc7)c7ccccc7-8)c7c(F)cc(F)cc7F)cc6)cc5)c5c(F)cc(F)cc5F)cc43)cc2)cc1. The van der Waals surface area contributed by atoms with Crippen molar-refractivity contribution in [2.75, 3.05) is 9.80 Å². The van der Waals surface area contributed by atoms with E-state index in [4.69, 9.17) is 9.47 Å². The monoisotopic (exact) mass is 1350 g/mol. The van der Waals surface area contributed by atoms with Gasteiger partial charge in [-0.1, -0.05) is 183 Å². The molecule has 0 bridgehead atoms. The summed E-state index contributed by atoms with van der Waals surface area (Å²) in [6.07, 6.45) is 3.49. The van der Waals surface area contributed by atoms with Gasteiger partial charge in [-0.05, 0) is 210 Å². The molecule has 0 heterocycles. The second-order valence-corrected chi connectivity index (χ2v) is 25.1. The molecule has 0 aliphatic heterocycles. The summed E-state index contributed by atoms with van der Waals surface area (Å²) < 4.78 is 140. The van der Waals surface area contributed by atoms with E-state index in [-0.39, 0.29) is 11.4 Å². The number of anilines is 6. The van der Waals surface area contributed by atoms with Gasteiger partial charge in [0.05, 0.1) is 10.8 Å². The lowest BCUT2D eigenvalue weighted by Gasteiger charge is -2.35. The van der Waals surface area contributed by atoms with Crippen molar-refractivity contribution in [3.63, 3.8) is 0 Å². The molecule has 12 heteroatoms. The summed E-state index contributed by atoms with van der Waals surface area (Å²) in [4.78, 5) is 2.78. The van der Waals surface area contributed by atoms with Crippen LogP contribution in [0.4, 0.5) is 69.2 Å². The molecule has 494 valence electrons. The van der Waals surface area contributed by atoms with Crippen LogP contribution in [0.5, 0.6) is 23.0 Å². The van der Waals surface area contributed by atoms with Gasteiger partial charge >= 0.3 is 0 Å². The van der Waals surface area contributed by atoms with E-state index >= 15 is 35.1 Å². The van der Waals surface area contributed by atoms with E-state index in [0.29, 0.717) is 92.0 Å². The molecule has 0 amide bonds. The van der Waals surface area contributed by atoms with E-state index in [9.17, 15) is 0 Å². The summed E-state index contributed by atoms with van der Waals surface area (Å²) in [5, 5.41) is 0. The Kier molecular flexibility index (Phi) is 16.2. The minimum atomic E-state index is -1.17. The van der Waals surface area contributed by atoms with E-state index in [1.54, 1.807) is 97.1 Å². The first kappa shape index (κ1) is 63.9. The minimum Gasteiger partial charge on any atom is -0.457 e. The summed E-state index contributed by atoms with van der Waals surface area (Å²) >= 11 is 0. The average Bonchev–Trinajstić information content (AvgIpc) is 1.54. The van der Waals surface area contributed by atoms with E-state index in [1.807, 2.05) is 170 Å². The van der Waals surface area contributed by atoms with Crippen molar-refractivity contribution in [1.29, 1.82) is 0 Å². The minimum absolute atomic E-state index is 0.285. The van der Waals surface area contributed by atoms with Crippen LogP contribution in [0.2, 0.25) is 0 Å². The average molecular weight is 1350 g/mol. The number of halogens is 8. The van der Waals surface area contributed by atoms with Crippen molar-refractivity contribution in [2.24, 2.45) is 0 Å². The van der Waals surface area contributed by atoms with Gasteiger partial charge in [0.2, 0.25) is 0 Å². The lowest BCUT2D eigenvalue weighted by atomic mass is 9.67. The van der Waals surface area contributed by atoms with Crippen LogP contribution in [0, 0.1) is 46.5 Å². The van der Waals surface area contributed by atoms with Crippen molar-refractivity contribution < 1.29 is 44.6 Å². The molecule has 0 N–H and O–H groups in total. The molecule has 2 atom stereocenters. The third-order valence-electron chi connectivity index (χ3n) is 19.4. The fraction of sp³-hybridized carbons (Fsp3) is 0.0222. The Morgan fingerprint density at radius 2 is 0.549 bits per heavy atom. The van der Waals surface area contributed by atoms with E-state index in [0.717, 1.165) is 55.6 Å². The number of benzene rings is 14. The Balaban J connectivity index is 0.789. The Labute approximate surface area is 583 Å². The zero-order chi connectivity index (χ0) is 70.0. The maximum Gasteiger partial charge on any atom is 0.153 e. The Morgan fingerprint density at radius 3 is 0.873 bits per heavy atom. The third-order valence-corrected chi connectivity index (χ3v) is 19.4. The zero-order valence-corrected chi connectivity index (χ0v) is 54.2. The Bertz CT molecular complexity index is 5180. The Morgan fingerprint density at radius 1 is 0.265 bits per heavy atom. The number of rotatable bonds is 17. The normalized spacial score (nSPS) is 14.6. The molecule has 0 fully saturated rings. The molecule has 14 aromatic rings. The second kappa shape index (κ2) is 25.8. The standard InChI is InChI=1S/C90H56F8N2O2/c1-3-55-13-39-71(40-14-55)101-73-43-25-61(26-44-73)89(59-21-29-63(91)30-22-59)79-11-7-5-9-75(79)77-47-37-69(53-81(77)89)99(87-83(95)49-65(93)50-84(87)96)67-33-17-57(18-34-67)58-19-35-68(36-20-58)100(88-85(97)51-66(94)52-86(88)98)70-38-48-78-76-10-6-8-12-80(76)90(82(78)54-70,60-23-31-64(92)32-24-60)62-27-45-74(46-28-62)102-72-41-15-56(4-2)16-42-72/h3-54H,1-2H2. The molecule has 0 spiro atoms. The summed E-state index contributed by atoms with van der Waals surface area (Å²) in [6, 6.07) is 85.7. The summed E-state index contributed by atoms with van der Waals surface area (Å²) in [6.45, 7) is 7.69. The van der Waals surface area contributed by atoms with Crippen LogP contribution in [-0.4, -0.2) is 0 Å². The number of hydrogen-bond acceptors (Lipinski definition) is 4. The summed E-state index contributed by atoms with van der Waals surface area (Å²) in [5.41, 5.74) is 10.4. The van der Waals surface area contributed by atoms with Gasteiger partial charge in [0.15, 0.2) is 23.3 Å². The summed E-state index contributed by atoms with van der Waals surface area (Å²) in [7, 11) is 0. The Hall–Kier alpha value is -12.8. The molecule has 0 aromatic heterocycles. The maximum absolute atomic E-state index is 16.7. The van der Waals surface area contributed by atoms with E-state index in [2.05, 4.69) is 13.2 Å². The van der Waals surface area contributed by atoms with Crippen LogP contribution < -0.4 is 19.3 Å². The van der Waals surface area contributed by atoms with Gasteiger partial charge in [-0.2, -0.15) is 0 Å². The molecule has 0 radical (unpaired) electrons. The first-order chi connectivity index (χ1) is 49.7.